The van der Waals surface area contributed by atoms with Crippen molar-refractivity contribution in [3.05, 3.63) is 71.8 Å². The van der Waals surface area contributed by atoms with Crippen LogP contribution in [-0.2, 0) is 15.8 Å². The zero-order valence-corrected chi connectivity index (χ0v) is 19.5. The molecule has 1 heterocycles. The van der Waals surface area contributed by atoms with Crippen molar-refractivity contribution in [3.63, 3.8) is 0 Å². The topological polar surface area (TPSA) is 113 Å². The van der Waals surface area contributed by atoms with E-state index in [1.54, 1.807) is 12.1 Å². The molecule has 2 atom stereocenters. The number of carboxylic acid groups (broad SMARTS) is 1. The largest absolute Gasteiger partial charge is 0.481 e. The number of aliphatic hydroxyl groups is 1. The van der Waals surface area contributed by atoms with Crippen molar-refractivity contribution in [2.45, 2.75) is 38.7 Å². The van der Waals surface area contributed by atoms with Crippen LogP contribution in [0.1, 0.15) is 37.6 Å². The van der Waals surface area contributed by atoms with Crippen LogP contribution in [0.5, 0.6) is 0 Å². The second-order valence-electron chi connectivity index (χ2n) is 8.35. The Morgan fingerprint density at radius 3 is 2.33 bits per heavy atom. The highest BCUT2D eigenvalue weighted by Gasteiger charge is 2.28. The first-order valence-corrected chi connectivity index (χ1v) is 12.7. The molecule has 3 rings (SSSR count). The van der Waals surface area contributed by atoms with Crippen molar-refractivity contribution >= 4 is 13.3 Å². The third-order valence-corrected chi connectivity index (χ3v) is 7.19. The first kappa shape index (κ1) is 24.8. The van der Waals surface area contributed by atoms with Gasteiger partial charge in [0.1, 0.15) is 11.6 Å². The number of aromatic nitrogens is 2. The van der Waals surface area contributed by atoms with Crippen molar-refractivity contribution in [2.75, 3.05) is 12.3 Å². The summed E-state index contributed by atoms with van der Waals surface area (Å²) in [7, 11) is -3.82. The van der Waals surface area contributed by atoms with E-state index in [1.807, 2.05) is 48.7 Å². The SMILES string of the molecule is CC(C)c1nc(-c2ccccc2)n(-c2ccc(F)cc2)c1CCP(=O)(O)CC(O)CC(=O)O. The zero-order chi connectivity index (χ0) is 24.2. The number of rotatable bonds is 10. The van der Waals surface area contributed by atoms with Crippen molar-refractivity contribution in [2.24, 2.45) is 0 Å². The lowest BCUT2D eigenvalue weighted by Gasteiger charge is -2.18. The number of nitrogens with zero attached hydrogens (tertiary/aromatic N) is 2. The summed E-state index contributed by atoms with van der Waals surface area (Å²) in [6, 6.07) is 15.5. The number of aliphatic carboxylic acids is 1. The van der Waals surface area contributed by atoms with Crippen LogP contribution >= 0.6 is 7.37 Å². The molecule has 0 aliphatic rings. The van der Waals surface area contributed by atoms with E-state index in [0.29, 0.717) is 11.5 Å². The summed E-state index contributed by atoms with van der Waals surface area (Å²) < 4.78 is 28.2. The predicted octanol–water partition coefficient (Wildman–Crippen LogP) is 4.45. The van der Waals surface area contributed by atoms with Gasteiger partial charge >= 0.3 is 5.97 Å². The number of halogens is 1. The quantitative estimate of drug-likeness (QED) is 0.374. The molecule has 7 nitrogen and oxygen atoms in total. The number of aliphatic hydroxyl groups excluding tert-OH is 1. The van der Waals surface area contributed by atoms with Gasteiger partial charge in [0.05, 0.1) is 24.4 Å². The van der Waals surface area contributed by atoms with Crippen LogP contribution in [0.3, 0.4) is 0 Å². The summed E-state index contributed by atoms with van der Waals surface area (Å²) in [5, 5.41) is 18.6. The molecule has 0 radical (unpaired) electrons. The van der Waals surface area contributed by atoms with E-state index in [2.05, 4.69) is 0 Å². The van der Waals surface area contributed by atoms with Gasteiger partial charge in [0.25, 0.3) is 0 Å². The van der Waals surface area contributed by atoms with Crippen LogP contribution in [0.15, 0.2) is 54.6 Å². The first-order chi connectivity index (χ1) is 15.6. The van der Waals surface area contributed by atoms with Gasteiger partial charge in [-0.3, -0.25) is 13.9 Å². The summed E-state index contributed by atoms with van der Waals surface area (Å²) in [5.74, 6) is -0.955. The third-order valence-electron chi connectivity index (χ3n) is 5.27. The highest BCUT2D eigenvalue weighted by Crippen LogP contribution is 2.43. The van der Waals surface area contributed by atoms with Crippen LogP contribution in [0.4, 0.5) is 4.39 Å². The molecule has 0 saturated heterocycles. The maximum Gasteiger partial charge on any atom is 0.305 e. The second kappa shape index (κ2) is 10.4. The molecule has 33 heavy (non-hydrogen) atoms. The molecule has 0 bridgehead atoms. The van der Waals surface area contributed by atoms with Gasteiger partial charge in [0.15, 0.2) is 0 Å². The molecule has 1 aromatic heterocycles. The smallest absolute Gasteiger partial charge is 0.305 e. The summed E-state index contributed by atoms with van der Waals surface area (Å²) in [5.41, 5.74) is 2.99. The van der Waals surface area contributed by atoms with Crippen LogP contribution in [0, 0.1) is 5.82 Å². The van der Waals surface area contributed by atoms with Gasteiger partial charge in [-0.05, 0) is 36.6 Å². The molecule has 2 unspecified atom stereocenters. The lowest BCUT2D eigenvalue weighted by molar-refractivity contribution is -0.138. The molecule has 176 valence electrons. The Hall–Kier alpha value is -2.80. The van der Waals surface area contributed by atoms with Crippen molar-refractivity contribution in [1.82, 2.24) is 9.55 Å². The van der Waals surface area contributed by atoms with E-state index in [1.165, 1.54) is 12.1 Å². The van der Waals surface area contributed by atoms with Gasteiger partial charge in [0, 0.05) is 23.1 Å². The average molecular weight is 474 g/mol. The van der Waals surface area contributed by atoms with E-state index in [0.717, 1.165) is 17.0 Å². The highest BCUT2D eigenvalue weighted by atomic mass is 31.2. The van der Waals surface area contributed by atoms with Gasteiger partial charge in [0.2, 0.25) is 7.37 Å². The van der Waals surface area contributed by atoms with Gasteiger partial charge < -0.3 is 15.1 Å². The van der Waals surface area contributed by atoms with E-state index < -0.39 is 32.0 Å². The number of hydrogen-bond acceptors (Lipinski definition) is 4. The molecule has 0 spiro atoms. The summed E-state index contributed by atoms with van der Waals surface area (Å²) >= 11 is 0. The Labute approximate surface area is 192 Å². The Kier molecular flexibility index (Phi) is 7.84. The lowest BCUT2D eigenvalue weighted by Crippen LogP contribution is -2.19. The molecular formula is C24H28FN2O5P. The maximum atomic E-state index is 13.6. The monoisotopic (exact) mass is 474 g/mol. The lowest BCUT2D eigenvalue weighted by atomic mass is 10.1. The fourth-order valence-corrected chi connectivity index (χ4v) is 5.32. The van der Waals surface area contributed by atoms with Crippen LogP contribution in [0.2, 0.25) is 0 Å². The normalized spacial score (nSPS) is 14.2. The molecule has 0 aliphatic carbocycles. The van der Waals surface area contributed by atoms with E-state index in [9.17, 15) is 23.7 Å². The van der Waals surface area contributed by atoms with E-state index in [-0.39, 0.29) is 24.3 Å². The van der Waals surface area contributed by atoms with Crippen molar-refractivity contribution in [1.29, 1.82) is 0 Å². The van der Waals surface area contributed by atoms with Gasteiger partial charge in [-0.1, -0.05) is 44.2 Å². The molecule has 3 N–H and O–H groups in total. The van der Waals surface area contributed by atoms with E-state index >= 15 is 0 Å². The molecule has 0 fully saturated rings. The van der Waals surface area contributed by atoms with Crippen LogP contribution in [0.25, 0.3) is 17.1 Å². The summed E-state index contributed by atoms with van der Waals surface area (Å²) in [6.45, 7) is 3.95. The minimum Gasteiger partial charge on any atom is -0.481 e. The fourth-order valence-electron chi connectivity index (χ4n) is 3.79. The minimum atomic E-state index is -3.82. The minimum absolute atomic E-state index is 0.0137. The molecule has 0 amide bonds. The van der Waals surface area contributed by atoms with Gasteiger partial charge in [-0.15, -0.1) is 0 Å². The predicted molar refractivity (Wildman–Crippen MR) is 125 cm³/mol. The standard InChI is InChI=1S/C24H28FN2O5P/c1-16(2)23-21(12-13-33(31,32)15-20(28)14-22(29)30)27(19-10-8-18(25)9-11-19)24(26-23)17-6-4-3-5-7-17/h3-11,16,20,28H,12-15H2,1-2H3,(H,29,30)(H,31,32). The summed E-state index contributed by atoms with van der Waals surface area (Å²) in [4.78, 5) is 26.1. The van der Waals surface area contributed by atoms with Crippen molar-refractivity contribution < 1.29 is 28.9 Å². The third kappa shape index (κ3) is 6.38. The summed E-state index contributed by atoms with van der Waals surface area (Å²) in [6.07, 6.45) is -2.45. The number of carbonyl (C=O) groups is 1. The molecule has 0 aliphatic heterocycles. The van der Waals surface area contributed by atoms with Gasteiger partial charge in [-0.25, -0.2) is 9.37 Å². The molecule has 2 aromatic carbocycles. The Bertz CT molecular complexity index is 1150. The molecule has 9 heteroatoms. The first-order valence-electron chi connectivity index (χ1n) is 10.7. The molecule has 0 saturated carbocycles. The Balaban J connectivity index is 2.04. The Morgan fingerprint density at radius 2 is 1.76 bits per heavy atom. The van der Waals surface area contributed by atoms with Crippen LogP contribution in [-0.4, -0.2) is 49.1 Å². The van der Waals surface area contributed by atoms with Crippen LogP contribution < -0.4 is 0 Å². The van der Waals surface area contributed by atoms with E-state index in [4.69, 9.17) is 10.1 Å². The second-order valence-corrected chi connectivity index (χ2v) is 10.9. The number of imidazole rings is 1. The van der Waals surface area contributed by atoms with Crippen molar-refractivity contribution in [3.8, 4) is 17.1 Å². The molecule has 3 aromatic rings. The van der Waals surface area contributed by atoms with Gasteiger partial charge in [-0.2, -0.15) is 0 Å². The highest BCUT2D eigenvalue weighted by molar-refractivity contribution is 7.58. The average Bonchev–Trinajstić information content (AvgIpc) is 3.12. The number of benzene rings is 2. The molecular weight excluding hydrogens is 446 g/mol. The Morgan fingerprint density at radius 1 is 1.12 bits per heavy atom. The fraction of sp³-hybridized carbons (Fsp3) is 0.333. The maximum absolute atomic E-state index is 13.6. The number of carboxylic acids is 1. The zero-order valence-electron chi connectivity index (χ0n) is 18.6. The number of hydrogen-bond donors (Lipinski definition) is 3.